The molecule has 19 nitrogen and oxygen atoms in total. The summed E-state index contributed by atoms with van der Waals surface area (Å²) in [6, 6.07) is -0.961. The molecule has 3 saturated heterocycles. The molecule has 0 aromatic carbocycles. The summed E-state index contributed by atoms with van der Waals surface area (Å²) >= 11 is 0. The zero-order valence-electron chi connectivity index (χ0n) is 37.3. The number of hydrogen-bond donors (Lipinski definition) is 12. The first-order chi connectivity index (χ1) is 30.3. The van der Waals surface area contributed by atoms with E-state index in [0.717, 1.165) is 57.8 Å². The van der Waals surface area contributed by atoms with Gasteiger partial charge in [-0.25, -0.2) is 0 Å². The van der Waals surface area contributed by atoms with Crippen LogP contribution in [0.25, 0.3) is 0 Å². The average molecular weight is 912 g/mol. The summed E-state index contributed by atoms with van der Waals surface area (Å²) in [6.07, 6.45) is -4.45. The van der Waals surface area contributed by atoms with Gasteiger partial charge < -0.3 is 89.9 Å². The molecule has 0 bridgehead atoms. The van der Waals surface area contributed by atoms with Crippen LogP contribution in [0.2, 0.25) is 0 Å². The van der Waals surface area contributed by atoms with Crippen molar-refractivity contribution in [3.8, 4) is 0 Å². The van der Waals surface area contributed by atoms with Crippen molar-refractivity contribution in [1.29, 1.82) is 0 Å². The van der Waals surface area contributed by atoms with E-state index in [9.17, 15) is 61.0 Å². The largest absolute Gasteiger partial charge is 0.394 e. The molecule has 1 amide bonds. The van der Waals surface area contributed by atoms with E-state index in [4.69, 9.17) is 28.4 Å². The highest BCUT2D eigenvalue weighted by Gasteiger charge is 2.53. The van der Waals surface area contributed by atoms with Crippen molar-refractivity contribution < 1.29 is 89.4 Å². The molecule has 3 rings (SSSR count). The van der Waals surface area contributed by atoms with Crippen LogP contribution in [0.15, 0.2) is 12.2 Å². The van der Waals surface area contributed by atoms with Crippen molar-refractivity contribution in [2.45, 2.75) is 234 Å². The molecule has 0 aromatic rings. The van der Waals surface area contributed by atoms with Crippen LogP contribution in [0.5, 0.6) is 0 Å². The third-order valence-corrected chi connectivity index (χ3v) is 12.1. The molecule has 0 radical (unpaired) electrons. The zero-order chi connectivity index (χ0) is 46.3. The fraction of sp³-hybridized carbons (Fsp3) is 0.932. The molecule has 12 N–H and O–H groups in total. The van der Waals surface area contributed by atoms with Crippen LogP contribution in [-0.4, -0.2) is 193 Å². The van der Waals surface area contributed by atoms with Crippen molar-refractivity contribution >= 4 is 5.91 Å². The number of nitrogens with one attached hydrogen (secondary N) is 1. The minimum absolute atomic E-state index is 0.246. The highest BCUT2D eigenvalue weighted by atomic mass is 16.8. The van der Waals surface area contributed by atoms with Crippen LogP contribution >= 0.6 is 0 Å². The van der Waals surface area contributed by atoms with Crippen molar-refractivity contribution in [2.24, 2.45) is 0 Å². The van der Waals surface area contributed by atoms with E-state index in [2.05, 4.69) is 19.2 Å². The maximum atomic E-state index is 13.1. The Bertz CT molecular complexity index is 1230. The summed E-state index contributed by atoms with van der Waals surface area (Å²) in [5, 5.41) is 119. The molecule has 3 aliphatic rings. The second-order valence-electron chi connectivity index (χ2n) is 17.2. The monoisotopic (exact) mass is 912 g/mol. The number of aliphatic hydroxyl groups excluding tert-OH is 11. The first-order valence-corrected chi connectivity index (χ1v) is 23.4. The van der Waals surface area contributed by atoms with E-state index in [1.54, 1.807) is 6.08 Å². The molecule has 3 fully saturated rings. The summed E-state index contributed by atoms with van der Waals surface area (Å²) in [5.41, 5.74) is 0. The lowest BCUT2D eigenvalue weighted by atomic mass is 9.96. The van der Waals surface area contributed by atoms with Crippen molar-refractivity contribution in [2.75, 3.05) is 26.4 Å². The number of allylic oxidation sites excluding steroid dienone is 1. The highest BCUT2D eigenvalue weighted by Crippen LogP contribution is 2.33. The van der Waals surface area contributed by atoms with Gasteiger partial charge >= 0.3 is 0 Å². The summed E-state index contributed by atoms with van der Waals surface area (Å²) in [5.74, 6) is -0.284. The van der Waals surface area contributed by atoms with Gasteiger partial charge in [0.25, 0.3) is 0 Å². The Balaban J connectivity index is 1.59. The third-order valence-electron chi connectivity index (χ3n) is 12.1. The van der Waals surface area contributed by atoms with E-state index in [1.807, 2.05) is 6.08 Å². The van der Waals surface area contributed by atoms with Crippen molar-refractivity contribution in [3.05, 3.63) is 12.2 Å². The normalized spacial score (nSPS) is 34.9. The molecule has 370 valence electrons. The smallest absolute Gasteiger partial charge is 0.220 e. The Morgan fingerprint density at radius 3 is 1.49 bits per heavy atom. The zero-order valence-corrected chi connectivity index (χ0v) is 37.3. The molecule has 0 aromatic heterocycles. The van der Waals surface area contributed by atoms with Gasteiger partial charge in [-0.15, -0.1) is 0 Å². The average Bonchev–Trinajstić information content (AvgIpc) is 3.28. The number of aliphatic hydroxyl groups is 11. The lowest BCUT2D eigenvalue weighted by Crippen LogP contribution is -2.66. The Labute approximate surface area is 372 Å². The van der Waals surface area contributed by atoms with Crippen LogP contribution in [0, 0.1) is 0 Å². The van der Waals surface area contributed by atoms with E-state index >= 15 is 0 Å². The van der Waals surface area contributed by atoms with Crippen LogP contribution in [-0.2, 0) is 33.2 Å². The summed E-state index contributed by atoms with van der Waals surface area (Å²) in [6.45, 7) is 1.58. The first kappa shape index (κ1) is 55.9. The molecular formula is C44H81NO18. The molecular weight excluding hydrogens is 830 g/mol. The van der Waals surface area contributed by atoms with Crippen molar-refractivity contribution in [3.63, 3.8) is 0 Å². The van der Waals surface area contributed by atoms with Gasteiger partial charge in [-0.3, -0.25) is 4.79 Å². The minimum atomic E-state index is -1.97. The van der Waals surface area contributed by atoms with Gasteiger partial charge in [0.1, 0.15) is 73.2 Å². The number of rotatable bonds is 31. The lowest BCUT2D eigenvalue weighted by molar-refractivity contribution is -0.379. The van der Waals surface area contributed by atoms with Crippen LogP contribution in [0.1, 0.15) is 129 Å². The quantitative estimate of drug-likeness (QED) is 0.0320. The maximum Gasteiger partial charge on any atom is 0.220 e. The molecule has 3 aliphatic heterocycles. The van der Waals surface area contributed by atoms with Crippen LogP contribution in [0.3, 0.4) is 0 Å². The predicted octanol–water partition coefficient (Wildman–Crippen LogP) is -0.0852. The topological polar surface area (TPSA) is 307 Å². The van der Waals surface area contributed by atoms with Gasteiger partial charge in [0.05, 0.1) is 38.6 Å². The number of hydrogen-bond acceptors (Lipinski definition) is 18. The second-order valence-corrected chi connectivity index (χ2v) is 17.2. The van der Waals surface area contributed by atoms with Gasteiger partial charge in [0.2, 0.25) is 5.91 Å². The molecule has 17 unspecified atom stereocenters. The lowest BCUT2D eigenvalue weighted by Gasteiger charge is -2.48. The van der Waals surface area contributed by atoms with E-state index in [-0.39, 0.29) is 18.9 Å². The Morgan fingerprint density at radius 1 is 0.556 bits per heavy atom. The molecule has 63 heavy (non-hydrogen) atoms. The molecule has 0 spiro atoms. The second kappa shape index (κ2) is 30.7. The van der Waals surface area contributed by atoms with Crippen LogP contribution in [0.4, 0.5) is 0 Å². The van der Waals surface area contributed by atoms with Gasteiger partial charge in [0.15, 0.2) is 18.9 Å². The number of unbranched alkanes of at least 4 members (excludes halogenated alkanes) is 15. The Morgan fingerprint density at radius 2 is 0.984 bits per heavy atom. The maximum absolute atomic E-state index is 13.1. The first-order valence-electron chi connectivity index (χ1n) is 23.4. The summed E-state index contributed by atoms with van der Waals surface area (Å²) < 4.78 is 33.9. The molecule has 0 aliphatic carbocycles. The molecule has 3 heterocycles. The third kappa shape index (κ3) is 17.9. The molecule has 17 atom stereocenters. The number of carbonyl (C=O) groups is 1. The summed E-state index contributed by atoms with van der Waals surface area (Å²) in [7, 11) is 0. The van der Waals surface area contributed by atoms with Gasteiger partial charge in [-0.05, 0) is 19.3 Å². The fourth-order valence-electron chi connectivity index (χ4n) is 8.07. The number of ether oxygens (including phenoxy) is 6. The van der Waals surface area contributed by atoms with Crippen LogP contribution < -0.4 is 5.32 Å². The standard InChI is InChI=1S/C44H81NO18/c1-3-5-7-9-11-12-13-14-16-18-20-22-32(50)45-27(28(49)21-19-17-15-10-8-6-4-2)26-58-42-38(56)35(53)40(30(24-47)60-42)63-44-39(57)36(54)41(31(25-48)61-44)62-43-37(55)34(52)33(51)29(23-46)59-43/h19,21,27-31,33-44,46-49,51-57H,3-18,20,22-26H2,1-2H3,(H,45,50)/b21-19+. The fourth-order valence-corrected chi connectivity index (χ4v) is 8.07. The molecule has 19 heteroatoms. The van der Waals surface area contributed by atoms with Gasteiger partial charge in [0, 0.05) is 6.42 Å². The van der Waals surface area contributed by atoms with E-state index in [1.165, 1.54) is 44.9 Å². The number of amides is 1. The minimum Gasteiger partial charge on any atom is -0.394 e. The van der Waals surface area contributed by atoms with Gasteiger partial charge in [-0.2, -0.15) is 0 Å². The highest BCUT2D eigenvalue weighted by molar-refractivity contribution is 5.76. The Kier molecular flexibility index (Phi) is 27.3. The van der Waals surface area contributed by atoms with E-state index in [0.29, 0.717) is 6.42 Å². The molecule has 0 saturated carbocycles. The van der Waals surface area contributed by atoms with E-state index < -0.39 is 124 Å². The Hall–Kier alpha value is -1.47. The summed E-state index contributed by atoms with van der Waals surface area (Å²) in [4.78, 5) is 13.1. The number of carbonyl (C=O) groups excluding carboxylic acids is 1. The van der Waals surface area contributed by atoms with Gasteiger partial charge in [-0.1, -0.05) is 116 Å². The predicted molar refractivity (Wildman–Crippen MR) is 227 cm³/mol. The van der Waals surface area contributed by atoms with Crippen molar-refractivity contribution in [1.82, 2.24) is 5.32 Å². The SMILES string of the molecule is CCCCCCC/C=C/C(O)C(COC1OC(CO)C(OC2OC(CO)C(OC3OC(CO)C(O)C(O)C3O)C(O)C2O)C(O)C1O)NC(=O)CCCCCCCCCCCCC.